The van der Waals surface area contributed by atoms with Crippen LogP contribution in [0.2, 0.25) is 0 Å². The fourth-order valence-corrected chi connectivity index (χ4v) is 2.77. The summed E-state index contributed by atoms with van der Waals surface area (Å²) in [4.78, 5) is 2.20. The molecule has 0 radical (unpaired) electrons. The molecule has 0 saturated carbocycles. The second-order valence-corrected chi connectivity index (χ2v) is 6.55. The van der Waals surface area contributed by atoms with Crippen LogP contribution in [0.4, 0.5) is 0 Å². The van der Waals surface area contributed by atoms with Crippen molar-refractivity contribution in [2.24, 2.45) is 5.84 Å². The van der Waals surface area contributed by atoms with Crippen LogP contribution in [-0.2, 0) is 14.8 Å². The molecule has 1 fully saturated rings. The summed E-state index contributed by atoms with van der Waals surface area (Å²) in [6.45, 7) is 6.82. The summed E-state index contributed by atoms with van der Waals surface area (Å²) in [5.74, 6) is 5.34. The summed E-state index contributed by atoms with van der Waals surface area (Å²) in [5, 5.41) is 0. The molecule has 2 N–H and O–H groups in total. The maximum Gasteiger partial charge on any atom is 0.251 e. The predicted octanol–water partition coefficient (Wildman–Crippen LogP) is 1.21. The van der Waals surface area contributed by atoms with Gasteiger partial charge in [0.25, 0.3) is 10.0 Å². The molecule has 0 aliphatic carbocycles. The number of sulfonamides is 1. The lowest BCUT2D eigenvalue weighted by Gasteiger charge is -2.29. The van der Waals surface area contributed by atoms with Gasteiger partial charge in [-0.15, -0.1) is 0 Å². The number of morpholine rings is 1. The molecule has 1 rings (SSSR count). The van der Waals surface area contributed by atoms with Crippen molar-refractivity contribution in [2.45, 2.75) is 20.3 Å². The Hall–Kier alpha value is -1.31. The molecule has 6 nitrogen and oxygen atoms in total. The Morgan fingerprint density at radius 1 is 1.38 bits per heavy atom. The second-order valence-electron chi connectivity index (χ2n) is 4.63. The van der Waals surface area contributed by atoms with Gasteiger partial charge in [0, 0.05) is 25.0 Å². The Bertz CT molecular complexity index is 492. The minimum Gasteiger partial charge on any atom is -0.378 e. The average molecular weight is 315 g/mol. The summed E-state index contributed by atoms with van der Waals surface area (Å²) in [6, 6.07) is 0. The van der Waals surface area contributed by atoms with Crippen molar-refractivity contribution in [3.05, 3.63) is 36.2 Å². The quantitative estimate of drug-likeness (QED) is 0.434. The number of ether oxygens (including phenoxy) is 1. The Morgan fingerprint density at radius 2 is 2.05 bits per heavy atom. The largest absolute Gasteiger partial charge is 0.378 e. The number of hydrazine groups is 1. The van der Waals surface area contributed by atoms with Gasteiger partial charge in [-0.1, -0.05) is 25.2 Å². The van der Waals surface area contributed by atoms with Crippen LogP contribution in [0.3, 0.4) is 0 Å². The van der Waals surface area contributed by atoms with Crippen LogP contribution in [0.1, 0.15) is 20.3 Å². The highest BCUT2D eigenvalue weighted by Gasteiger charge is 2.14. The number of hydrogen-bond acceptors (Lipinski definition) is 5. The van der Waals surface area contributed by atoms with Gasteiger partial charge in [0.1, 0.15) is 0 Å². The van der Waals surface area contributed by atoms with Crippen molar-refractivity contribution in [1.82, 2.24) is 9.31 Å². The van der Waals surface area contributed by atoms with Crippen LogP contribution < -0.4 is 5.84 Å². The Labute approximate surface area is 127 Å². The molecule has 1 aliphatic heterocycles. The van der Waals surface area contributed by atoms with Gasteiger partial charge in [-0.05, 0) is 19.4 Å². The molecule has 1 aliphatic rings. The van der Waals surface area contributed by atoms with Crippen molar-refractivity contribution >= 4 is 10.0 Å². The Balaban J connectivity index is 2.69. The van der Waals surface area contributed by atoms with Crippen molar-refractivity contribution in [2.75, 3.05) is 32.1 Å². The molecule has 0 aromatic carbocycles. The molecule has 0 aromatic heterocycles. The van der Waals surface area contributed by atoms with E-state index in [9.17, 15) is 8.42 Å². The molecule has 0 bridgehead atoms. The summed E-state index contributed by atoms with van der Waals surface area (Å²) in [7, 11) is -3.50. The maximum atomic E-state index is 11.9. The highest BCUT2D eigenvalue weighted by atomic mass is 32.2. The third-order valence-electron chi connectivity index (χ3n) is 3.00. The van der Waals surface area contributed by atoms with Gasteiger partial charge < -0.3 is 9.64 Å². The van der Waals surface area contributed by atoms with E-state index in [2.05, 4.69) is 17.9 Å². The van der Waals surface area contributed by atoms with E-state index in [1.54, 1.807) is 19.1 Å². The van der Waals surface area contributed by atoms with Gasteiger partial charge in [0.2, 0.25) is 0 Å². The fourth-order valence-electron chi connectivity index (χ4n) is 1.95. The molecule has 7 heteroatoms. The molecule has 0 unspecified atom stereocenters. The third-order valence-corrected chi connectivity index (χ3v) is 4.38. The van der Waals surface area contributed by atoms with E-state index in [1.165, 1.54) is 6.20 Å². The van der Waals surface area contributed by atoms with E-state index in [1.807, 2.05) is 6.08 Å². The predicted molar refractivity (Wildman–Crippen MR) is 84.5 cm³/mol. The summed E-state index contributed by atoms with van der Waals surface area (Å²) >= 11 is 0. The van der Waals surface area contributed by atoms with Gasteiger partial charge in [-0.2, -0.15) is 0 Å². The van der Waals surface area contributed by atoms with Gasteiger partial charge in [0.15, 0.2) is 0 Å². The minimum absolute atomic E-state index is 0.126. The molecule has 0 spiro atoms. The first-order valence-electron chi connectivity index (χ1n) is 7.10. The van der Waals surface area contributed by atoms with E-state index in [-0.39, 0.29) is 5.75 Å². The van der Waals surface area contributed by atoms with Crippen LogP contribution in [-0.4, -0.2) is 49.8 Å². The first kappa shape index (κ1) is 17.7. The van der Waals surface area contributed by atoms with Crippen LogP contribution in [0, 0.1) is 0 Å². The lowest BCUT2D eigenvalue weighted by molar-refractivity contribution is 0.0552. The van der Waals surface area contributed by atoms with Gasteiger partial charge in [0.05, 0.1) is 19.0 Å². The lowest BCUT2D eigenvalue weighted by Crippen LogP contribution is -2.35. The average Bonchev–Trinajstić information content (AvgIpc) is 2.47. The SMILES string of the molecule is CC=CN(N)S(=O)(=O)CC=CC(=CCC)N1CCOCC1. The molecule has 1 saturated heterocycles. The molecule has 1 heterocycles. The number of rotatable bonds is 7. The van der Waals surface area contributed by atoms with Crippen molar-refractivity contribution in [3.63, 3.8) is 0 Å². The molecule has 0 amide bonds. The fraction of sp³-hybridized carbons (Fsp3) is 0.571. The highest BCUT2D eigenvalue weighted by Crippen LogP contribution is 2.11. The molecular weight excluding hydrogens is 290 g/mol. The second kappa shape index (κ2) is 8.86. The Morgan fingerprint density at radius 3 is 2.62 bits per heavy atom. The zero-order valence-corrected chi connectivity index (χ0v) is 13.6. The zero-order chi connectivity index (χ0) is 15.7. The van der Waals surface area contributed by atoms with Crippen molar-refractivity contribution < 1.29 is 13.2 Å². The third kappa shape index (κ3) is 5.91. The van der Waals surface area contributed by atoms with Crippen LogP contribution >= 0.6 is 0 Å². The van der Waals surface area contributed by atoms with E-state index in [4.69, 9.17) is 10.6 Å². The van der Waals surface area contributed by atoms with E-state index >= 15 is 0 Å². The monoisotopic (exact) mass is 315 g/mol. The van der Waals surface area contributed by atoms with Gasteiger partial charge in [-0.3, -0.25) is 0 Å². The van der Waals surface area contributed by atoms with E-state index in [0.29, 0.717) is 13.2 Å². The van der Waals surface area contributed by atoms with Crippen LogP contribution in [0.15, 0.2) is 36.2 Å². The van der Waals surface area contributed by atoms with E-state index < -0.39 is 10.0 Å². The molecule has 0 atom stereocenters. The van der Waals surface area contributed by atoms with Crippen LogP contribution in [0.5, 0.6) is 0 Å². The Kier molecular flexibility index (Phi) is 7.49. The number of allylic oxidation sites excluding steroid dienone is 3. The smallest absolute Gasteiger partial charge is 0.251 e. The standard InChI is InChI=1S/C14H25N3O3S/c1-3-6-14(16-9-11-20-12-10-16)7-5-13-21(18,19)17(15)8-4-2/h4-8H,3,9-13,15H2,1-2H3. The zero-order valence-electron chi connectivity index (χ0n) is 12.7. The van der Waals surface area contributed by atoms with E-state index in [0.717, 1.165) is 29.6 Å². The van der Waals surface area contributed by atoms with Crippen LogP contribution in [0.25, 0.3) is 0 Å². The topological polar surface area (TPSA) is 75.9 Å². The normalized spacial score (nSPS) is 17.9. The lowest BCUT2D eigenvalue weighted by atomic mass is 10.2. The number of hydrogen-bond donors (Lipinski definition) is 1. The van der Waals surface area contributed by atoms with Crippen molar-refractivity contribution in [3.8, 4) is 0 Å². The first-order valence-corrected chi connectivity index (χ1v) is 8.71. The van der Waals surface area contributed by atoms with Gasteiger partial charge in [-0.25, -0.2) is 18.7 Å². The highest BCUT2D eigenvalue weighted by molar-refractivity contribution is 7.89. The van der Waals surface area contributed by atoms with Gasteiger partial charge >= 0.3 is 0 Å². The molecular formula is C14H25N3O3S. The molecule has 120 valence electrons. The molecule has 21 heavy (non-hydrogen) atoms. The number of nitrogens with zero attached hydrogens (tertiary/aromatic N) is 2. The summed E-state index contributed by atoms with van der Waals surface area (Å²) in [5.41, 5.74) is 1.03. The summed E-state index contributed by atoms with van der Waals surface area (Å²) < 4.78 is 29.8. The minimum atomic E-state index is -3.50. The summed E-state index contributed by atoms with van der Waals surface area (Å²) in [6.07, 6.45) is 9.36. The maximum absolute atomic E-state index is 11.9. The molecule has 0 aromatic rings. The van der Waals surface area contributed by atoms with Crippen molar-refractivity contribution in [1.29, 1.82) is 0 Å². The first-order chi connectivity index (χ1) is 10.0. The number of nitrogens with two attached hydrogens (primary N) is 1.